The first-order valence-electron chi connectivity index (χ1n) is 9.62. The number of anilines is 1. The van der Waals surface area contributed by atoms with Crippen molar-refractivity contribution in [3.05, 3.63) is 47.8 Å². The van der Waals surface area contributed by atoms with Gasteiger partial charge in [-0.3, -0.25) is 9.78 Å². The number of sulfonamides is 1. The lowest BCUT2D eigenvalue weighted by molar-refractivity contribution is -0.118. The quantitative estimate of drug-likeness (QED) is 0.837. The van der Waals surface area contributed by atoms with Crippen LogP contribution in [-0.2, 0) is 21.2 Å². The van der Waals surface area contributed by atoms with Gasteiger partial charge in [0.15, 0.2) is 0 Å². The van der Waals surface area contributed by atoms with Crippen molar-refractivity contribution in [2.24, 2.45) is 11.1 Å². The van der Waals surface area contributed by atoms with Crippen molar-refractivity contribution in [2.45, 2.75) is 43.8 Å². The summed E-state index contributed by atoms with van der Waals surface area (Å²) in [6.45, 7) is 1.69. The zero-order chi connectivity index (χ0) is 20.1. The number of nitrogens with zero attached hydrogens (tertiary/aromatic N) is 2. The second-order valence-electron chi connectivity index (χ2n) is 7.96. The highest BCUT2D eigenvalue weighted by atomic mass is 32.2. The average Bonchev–Trinajstić information content (AvgIpc) is 3.49. The molecular weight excluding hydrogens is 374 g/mol. The van der Waals surface area contributed by atoms with Gasteiger partial charge in [-0.05, 0) is 67.0 Å². The van der Waals surface area contributed by atoms with Gasteiger partial charge in [0, 0.05) is 43.0 Å². The van der Waals surface area contributed by atoms with Crippen molar-refractivity contribution >= 4 is 21.6 Å². The Labute approximate surface area is 165 Å². The number of pyridine rings is 1. The highest BCUT2D eigenvalue weighted by molar-refractivity contribution is 7.89. The summed E-state index contributed by atoms with van der Waals surface area (Å²) in [6.07, 6.45) is 6.85. The van der Waals surface area contributed by atoms with Crippen LogP contribution in [0.25, 0.3) is 11.1 Å². The molecule has 1 amide bonds. The third kappa shape index (κ3) is 3.56. The Balaban J connectivity index is 1.70. The fourth-order valence-electron chi connectivity index (χ4n) is 4.22. The minimum atomic E-state index is -3.62. The summed E-state index contributed by atoms with van der Waals surface area (Å²) in [4.78, 5) is 18.0. The second kappa shape index (κ2) is 6.97. The topological polar surface area (TPSA) is 93.4 Å². The van der Waals surface area contributed by atoms with Gasteiger partial charge in [0.05, 0.1) is 5.25 Å². The van der Waals surface area contributed by atoms with E-state index in [1.807, 2.05) is 18.2 Å². The van der Waals surface area contributed by atoms with Crippen LogP contribution in [0, 0.1) is 5.92 Å². The lowest BCUT2D eigenvalue weighted by Crippen LogP contribution is -2.32. The van der Waals surface area contributed by atoms with Crippen LogP contribution in [0.15, 0.2) is 36.7 Å². The molecule has 2 heterocycles. The number of aromatic nitrogens is 1. The summed E-state index contributed by atoms with van der Waals surface area (Å²) in [7, 11) is -1.82. The molecular formula is C21H25N3O3S. The number of benzene rings is 1. The molecule has 4 rings (SSSR count). The molecule has 0 bridgehead atoms. The van der Waals surface area contributed by atoms with E-state index in [9.17, 15) is 13.2 Å². The van der Waals surface area contributed by atoms with E-state index in [2.05, 4.69) is 11.1 Å². The first-order valence-corrected chi connectivity index (χ1v) is 11.2. The Hall–Kier alpha value is -2.25. The Morgan fingerprint density at radius 2 is 1.89 bits per heavy atom. The third-order valence-electron chi connectivity index (χ3n) is 6.05. The predicted molar refractivity (Wildman–Crippen MR) is 109 cm³/mol. The molecule has 28 heavy (non-hydrogen) atoms. The Kier molecular flexibility index (Phi) is 4.75. The molecule has 2 aliphatic rings. The first kappa shape index (κ1) is 19.1. The zero-order valence-corrected chi connectivity index (χ0v) is 16.9. The minimum absolute atomic E-state index is 0.133. The number of carbonyl (C=O) groups excluding carboxylic acids is 1. The number of nitrogens with two attached hydrogens (primary N) is 1. The number of fused-ring (bicyclic) bond motifs is 1. The van der Waals surface area contributed by atoms with Crippen LogP contribution in [0.4, 0.5) is 5.69 Å². The van der Waals surface area contributed by atoms with Gasteiger partial charge in [-0.15, -0.1) is 0 Å². The van der Waals surface area contributed by atoms with Crippen LogP contribution >= 0.6 is 0 Å². The van der Waals surface area contributed by atoms with Gasteiger partial charge in [-0.1, -0.05) is 6.07 Å². The second-order valence-corrected chi connectivity index (χ2v) is 9.88. The average molecular weight is 400 g/mol. The van der Waals surface area contributed by atoms with Crippen LogP contribution in [0.5, 0.6) is 0 Å². The summed E-state index contributed by atoms with van der Waals surface area (Å²) in [5.41, 5.74) is 4.98. The third-order valence-corrected chi connectivity index (χ3v) is 7.38. The molecule has 0 radical (unpaired) electrons. The maximum atomic E-state index is 12.0. The molecule has 1 saturated carbocycles. The standard InChI is InChI=1S/C21H25N3O3S/c1-13(28(22,26)27)21(14-3-4-14)18-10-17(11-23-12-18)15-5-7-19-16(9-15)6-8-20(25)24(19)2/h5,7,9-14,21H,3-4,6,8H2,1-2H3,(H2,22,26,27). The van der Waals surface area contributed by atoms with E-state index in [0.29, 0.717) is 12.3 Å². The van der Waals surface area contributed by atoms with Gasteiger partial charge >= 0.3 is 0 Å². The van der Waals surface area contributed by atoms with Gasteiger partial charge < -0.3 is 4.90 Å². The molecule has 1 aliphatic carbocycles. The number of hydrogen-bond donors (Lipinski definition) is 1. The number of amides is 1. The van der Waals surface area contributed by atoms with Gasteiger partial charge in [-0.25, -0.2) is 13.6 Å². The van der Waals surface area contributed by atoms with Crippen LogP contribution in [0.3, 0.4) is 0 Å². The van der Waals surface area contributed by atoms with E-state index < -0.39 is 15.3 Å². The smallest absolute Gasteiger partial charge is 0.227 e. The molecule has 2 atom stereocenters. The van der Waals surface area contributed by atoms with Crippen molar-refractivity contribution in [3.63, 3.8) is 0 Å². The number of hydrogen-bond acceptors (Lipinski definition) is 4. The highest BCUT2D eigenvalue weighted by Crippen LogP contribution is 2.46. The number of carbonyl (C=O) groups is 1. The number of aryl methyl sites for hydroxylation is 1. The largest absolute Gasteiger partial charge is 0.315 e. The zero-order valence-electron chi connectivity index (χ0n) is 16.1. The van der Waals surface area contributed by atoms with Gasteiger partial charge in [0.25, 0.3) is 0 Å². The molecule has 2 aromatic rings. The summed E-state index contributed by atoms with van der Waals surface area (Å²) >= 11 is 0. The maximum Gasteiger partial charge on any atom is 0.227 e. The molecule has 1 fully saturated rings. The monoisotopic (exact) mass is 399 g/mol. The lowest BCUT2D eigenvalue weighted by atomic mass is 9.90. The van der Waals surface area contributed by atoms with Crippen LogP contribution in [-0.4, -0.2) is 31.6 Å². The normalized spacial score (nSPS) is 19.2. The first-order chi connectivity index (χ1) is 13.3. The molecule has 0 saturated heterocycles. The van der Waals surface area contributed by atoms with Gasteiger partial charge in [-0.2, -0.15) is 0 Å². The van der Waals surface area contributed by atoms with Crippen LogP contribution < -0.4 is 10.0 Å². The van der Waals surface area contributed by atoms with E-state index in [1.165, 1.54) is 0 Å². The molecule has 1 aliphatic heterocycles. The molecule has 148 valence electrons. The lowest BCUT2D eigenvalue weighted by Gasteiger charge is -2.26. The van der Waals surface area contributed by atoms with Crippen molar-refractivity contribution in [3.8, 4) is 11.1 Å². The summed E-state index contributed by atoms with van der Waals surface area (Å²) in [5, 5.41) is 4.81. The fraction of sp³-hybridized carbons (Fsp3) is 0.429. The summed E-state index contributed by atoms with van der Waals surface area (Å²) in [5.74, 6) is 0.338. The highest BCUT2D eigenvalue weighted by Gasteiger charge is 2.40. The molecule has 2 unspecified atom stereocenters. The molecule has 0 spiro atoms. The molecule has 2 N–H and O–H groups in total. The van der Waals surface area contributed by atoms with E-state index in [4.69, 9.17) is 5.14 Å². The van der Waals surface area contributed by atoms with Crippen LogP contribution in [0.2, 0.25) is 0 Å². The van der Waals surface area contributed by atoms with E-state index in [0.717, 1.165) is 47.2 Å². The Morgan fingerprint density at radius 3 is 2.57 bits per heavy atom. The fourth-order valence-corrected chi connectivity index (χ4v) is 5.01. The summed E-state index contributed by atoms with van der Waals surface area (Å²) in [6, 6.07) is 8.11. The van der Waals surface area contributed by atoms with Crippen molar-refractivity contribution in [1.29, 1.82) is 0 Å². The van der Waals surface area contributed by atoms with Crippen LogP contribution in [0.1, 0.15) is 43.2 Å². The number of primary sulfonamides is 1. The molecule has 1 aromatic carbocycles. The molecule has 1 aromatic heterocycles. The molecule has 6 nitrogen and oxygen atoms in total. The summed E-state index contributed by atoms with van der Waals surface area (Å²) < 4.78 is 24.0. The van der Waals surface area contributed by atoms with E-state index in [-0.39, 0.29) is 11.8 Å². The minimum Gasteiger partial charge on any atom is -0.315 e. The Bertz CT molecular complexity index is 1030. The van der Waals surface area contributed by atoms with Gasteiger partial charge in [0.2, 0.25) is 15.9 Å². The maximum absolute atomic E-state index is 12.0. The predicted octanol–water partition coefficient (Wildman–Crippen LogP) is 2.83. The van der Waals surface area contributed by atoms with Gasteiger partial charge in [0.1, 0.15) is 0 Å². The van der Waals surface area contributed by atoms with Crippen molar-refractivity contribution in [2.75, 3.05) is 11.9 Å². The number of rotatable bonds is 5. The van der Waals surface area contributed by atoms with E-state index in [1.54, 1.807) is 31.3 Å². The SMILES string of the molecule is CC(C(c1cncc(-c2ccc3c(c2)CCC(=O)N3C)c1)C1CC1)S(N)(=O)=O. The van der Waals surface area contributed by atoms with Crippen molar-refractivity contribution in [1.82, 2.24) is 4.98 Å². The molecule has 7 heteroatoms. The van der Waals surface area contributed by atoms with Crippen molar-refractivity contribution < 1.29 is 13.2 Å². The van der Waals surface area contributed by atoms with E-state index >= 15 is 0 Å². The Morgan fingerprint density at radius 1 is 1.14 bits per heavy atom.